The molecule has 0 bridgehead atoms. The maximum absolute atomic E-state index is 12.8. The lowest BCUT2D eigenvalue weighted by Gasteiger charge is -1.98. The van der Waals surface area contributed by atoms with Crippen LogP contribution in [-0.2, 0) is 0 Å². The largest absolute Gasteiger partial charge is 0.204 e. The van der Waals surface area contributed by atoms with Crippen LogP contribution < -0.4 is 0 Å². The third-order valence-corrected chi connectivity index (χ3v) is 4.27. The minimum atomic E-state index is -0.325. The molecule has 1 aromatic rings. The molecule has 0 aromatic heterocycles. The summed E-state index contributed by atoms with van der Waals surface area (Å²) < 4.78 is 14.3. The Morgan fingerprint density at radius 1 is 1.30 bits per heavy atom. The predicted octanol–water partition coefficient (Wildman–Crippen LogP) is 3.69. The van der Waals surface area contributed by atoms with E-state index in [4.69, 9.17) is 11.6 Å². The number of hydrogen-bond donors (Lipinski definition) is 0. The van der Waals surface area contributed by atoms with Gasteiger partial charge in [0.1, 0.15) is 0 Å². The molecule has 4 heteroatoms. The predicted molar refractivity (Wildman–Crippen MR) is 56.8 cm³/mol. The van der Waals surface area contributed by atoms with E-state index in [1.807, 2.05) is 22.6 Å². The van der Waals surface area contributed by atoms with Crippen LogP contribution in [0.3, 0.4) is 0 Å². The van der Waals surface area contributed by atoms with E-state index in [0.717, 1.165) is 3.57 Å². The molecule has 0 aliphatic heterocycles. The highest BCUT2D eigenvalue weighted by Crippen LogP contribution is 2.24. The van der Waals surface area contributed by atoms with Gasteiger partial charge in [0.2, 0.25) is 0 Å². The van der Waals surface area contributed by atoms with Crippen LogP contribution >= 0.6 is 56.8 Å². The first-order valence-electron chi connectivity index (χ1n) is 2.42. The SMILES string of the molecule is Fc1c(Cl)ccc(I)c1I. The summed E-state index contributed by atoms with van der Waals surface area (Å²) in [6.07, 6.45) is 0. The monoisotopic (exact) mass is 382 g/mol. The molecule has 0 heterocycles. The highest BCUT2D eigenvalue weighted by atomic mass is 127. The highest BCUT2D eigenvalue weighted by Gasteiger charge is 2.06. The average molecular weight is 382 g/mol. The molecule has 0 spiro atoms. The lowest BCUT2D eigenvalue weighted by Crippen LogP contribution is -1.86. The van der Waals surface area contributed by atoms with Gasteiger partial charge in [-0.3, -0.25) is 0 Å². The summed E-state index contributed by atoms with van der Waals surface area (Å²) in [7, 11) is 0. The molecular formula is C6H2ClFI2. The van der Waals surface area contributed by atoms with Crippen molar-refractivity contribution in [3.05, 3.63) is 30.1 Å². The second kappa shape index (κ2) is 3.53. The standard InChI is InChI=1S/C6H2ClFI2/c7-3-1-2-4(9)6(10)5(3)8/h1-2H. The van der Waals surface area contributed by atoms with Gasteiger partial charge in [-0.1, -0.05) is 11.6 Å². The molecule has 1 rings (SSSR count). The van der Waals surface area contributed by atoms with Crippen LogP contribution in [0.5, 0.6) is 0 Å². The molecule has 0 unspecified atom stereocenters. The van der Waals surface area contributed by atoms with Crippen molar-refractivity contribution < 1.29 is 4.39 Å². The maximum atomic E-state index is 12.8. The van der Waals surface area contributed by atoms with Crippen molar-refractivity contribution in [2.75, 3.05) is 0 Å². The fraction of sp³-hybridized carbons (Fsp3) is 0. The van der Waals surface area contributed by atoms with Crippen LogP contribution in [-0.4, -0.2) is 0 Å². The summed E-state index contributed by atoms with van der Waals surface area (Å²) in [4.78, 5) is 0. The normalized spacial score (nSPS) is 10.0. The summed E-state index contributed by atoms with van der Waals surface area (Å²) in [5.74, 6) is -0.325. The van der Waals surface area contributed by atoms with Crippen molar-refractivity contribution in [2.45, 2.75) is 0 Å². The van der Waals surface area contributed by atoms with Crippen molar-refractivity contribution in [2.24, 2.45) is 0 Å². The quantitative estimate of drug-likeness (QED) is 0.365. The van der Waals surface area contributed by atoms with Gasteiger partial charge in [0.05, 0.1) is 8.59 Å². The molecule has 0 aliphatic carbocycles. The van der Waals surface area contributed by atoms with E-state index in [-0.39, 0.29) is 10.8 Å². The van der Waals surface area contributed by atoms with Gasteiger partial charge in [0.15, 0.2) is 5.82 Å². The average Bonchev–Trinajstić information content (AvgIpc) is 1.93. The Labute approximate surface area is 90.4 Å². The molecule has 0 saturated carbocycles. The Hall–Kier alpha value is 0.900. The van der Waals surface area contributed by atoms with Crippen LogP contribution in [0, 0.1) is 13.0 Å². The van der Waals surface area contributed by atoms with Gasteiger partial charge in [0.25, 0.3) is 0 Å². The molecule has 0 nitrogen and oxygen atoms in total. The minimum absolute atomic E-state index is 0.185. The van der Waals surface area contributed by atoms with Gasteiger partial charge in [-0.05, 0) is 57.3 Å². The van der Waals surface area contributed by atoms with Crippen LogP contribution in [0.25, 0.3) is 0 Å². The van der Waals surface area contributed by atoms with Gasteiger partial charge < -0.3 is 0 Å². The maximum Gasteiger partial charge on any atom is 0.156 e. The summed E-state index contributed by atoms with van der Waals surface area (Å²) in [6, 6.07) is 3.34. The van der Waals surface area contributed by atoms with Crippen molar-refractivity contribution in [3.63, 3.8) is 0 Å². The van der Waals surface area contributed by atoms with E-state index in [2.05, 4.69) is 22.6 Å². The molecule has 0 radical (unpaired) electrons. The zero-order chi connectivity index (χ0) is 7.72. The highest BCUT2D eigenvalue weighted by molar-refractivity contribution is 14.1. The third-order valence-electron chi connectivity index (χ3n) is 0.988. The second-order valence-corrected chi connectivity index (χ2v) is 4.31. The first-order valence-corrected chi connectivity index (χ1v) is 4.95. The van der Waals surface area contributed by atoms with E-state index >= 15 is 0 Å². The number of halogens is 4. The molecule has 1 aromatic carbocycles. The van der Waals surface area contributed by atoms with E-state index < -0.39 is 0 Å². The fourth-order valence-electron chi connectivity index (χ4n) is 0.502. The zero-order valence-corrected chi connectivity index (χ0v) is 9.74. The molecule has 10 heavy (non-hydrogen) atoms. The van der Waals surface area contributed by atoms with Crippen molar-refractivity contribution in [3.8, 4) is 0 Å². The number of rotatable bonds is 0. The summed E-state index contributed by atoms with van der Waals surface area (Å²) in [5, 5.41) is 0.185. The number of benzene rings is 1. The molecule has 0 saturated heterocycles. The Bertz CT molecular complexity index is 235. The van der Waals surface area contributed by atoms with Gasteiger partial charge in [-0.25, -0.2) is 4.39 Å². The van der Waals surface area contributed by atoms with Gasteiger partial charge in [-0.15, -0.1) is 0 Å². The van der Waals surface area contributed by atoms with Crippen LogP contribution in [0.1, 0.15) is 0 Å². The first kappa shape index (κ1) is 8.99. The van der Waals surface area contributed by atoms with Crippen molar-refractivity contribution in [1.29, 1.82) is 0 Å². The Morgan fingerprint density at radius 2 is 1.90 bits per heavy atom. The van der Waals surface area contributed by atoms with Gasteiger partial charge >= 0.3 is 0 Å². The van der Waals surface area contributed by atoms with Crippen molar-refractivity contribution >= 4 is 56.8 Å². The van der Waals surface area contributed by atoms with E-state index in [9.17, 15) is 4.39 Å². The van der Waals surface area contributed by atoms with Crippen molar-refractivity contribution in [1.82, 2.24) is 0 Å². The van der Waals surface area contributed by atoms with Gasteiger partial charge in [-0.2, -0.15) is 0 Å². The van der Waals surface area contributed by atoms with E-state index in [1.165, 1.54) is 0 Å². The fourth-order valence-corrected chi connectivity index (χ4v) is 1.71. The summed E-state index contributed by atoms with van der Waals surface area (Å²) in [6.45, 7) is 0. The van der Waals surface area contributed by atoms with E-state index in [0.29, 0.717) is 3.57 Å². The van der Waals surface area contributed by atoms with E-state index in [1.54, 1.807) is 12.1 Å². The lowest BCUT2D eigenvalue weighted by molar-refractivity contribution is 0.619. The zero-order valence-electron chi connectivity index (χ0n) is 4.67. The summed E-state index contributed by atoms with van der Waals surface area (Å²) >= 11 is 9.49. The van der Waals surface area contributed by atoms with Gasteiger partial charge in [0, 0.05) is 3.57 Å². The molecule has 54 valence electrons. The number of hydrogen-bond acceptors (Lipinski definition) is 0. The molecule has 0 fully saturated rings. The lowest BCUT2D eigenvalue weighted by atomic mass is 10.3. The smallest absolute Gasteiger partial charge is 0.156 e. The molecule has 0 aliphatic rings. The Morgan fingerprint density at radius 3 is 2.40 bits per heavy atom. The Balaban J connectivity index is 3.34. The topological polar surface area (TPSA) is 0 Å². The molecular weight excluding hydrogens is 380 g/mol. The summed E-state index contributed by atoms with van der Waals surface area (Å²) in [5.41, 5.74) is 0. The van der Waals surface area contributed by atoms with Crippen LogP contribution in [0.2, 0.25) is 5.02 Å². The second-order valence-electron chi connectivity index (χ2n) is 1.66. The molecule has 0 atom stereocenters. The van der Waals surface area contributed by atoms with Crippen LogP contribution in [0.4, 0.5) is 4.39 Å². The Kier molecular flexibility index (Phi) is 3.18. The minimum Gasteiger partial charge on any atom is -0.204 e. The molecule has 0 N–H and O–H groups in total. The first-order chi connectivity index (χ1) is 4.63. The third kappa shape index (κ3) is 1.73. The van der Waals surface area contributed by atoms with Crippen LogP contribution in [0.15, 0.2) is 12.1 Å². The molecule has 0 amide bonds.